The molecule has 0 bridgehead atoms. The summed E-state index contributed by atoms with van der Waals surface area (Å²) in [5.74, 6) is 0. The molecule has 0 atom stereocenters. The number of nitrogens with one attached hydrogen (secondary N) is 3. The van der Waals surface area contributed by atoms with Crippen LogP contribution in [0.1, 0.15) is 6.92 Å². The number of nitrogens with two attached hydrogens (primary N) is 1. The molecule has 0 spiro atoms. The van der Waals surface area contributed by atoms with Crippen molar-refractivity contribution in [1.82, 2.24) is 15.0 Å². The predicted molar refractivity (Wildman–Crippen MR) is 45.7 cm³/mol. The van der Waals surface area contributed by atoms with Crippen molar-refractivity contribution in [3.8, 4) is 0 Å². The normalized spacial score (nSPS) is 11.0. The Kier molecular flexibility index (Phi) is 4.26. The van der Waals surface area contributed by atoms with E-state index in [9.17, 15) is 8.42 Å². The van der Waals surface area contributed by atoms with E-state index in [1.54, 1.807) is 6.92 Å². The first-order valence-electron chi connectivity index (χ1n) is 2.80. The van der Waals surface area contributed by atoms with Gasteiger partial charge in [0.1, 0.15) is 0 Å². The summed E-state index contributed by atoms with van der Waals surface area (Å²) in [7, 11) is -3.51. The van der Waals surface area contributed by atoms with Crippen LogP contribution in [-0.2, 0) is 10.2 Å². The highest BCUT2D eigenvalue weighted by molar-refractivity contribution is 7.87. The van der Waals surface area contributed by atoms with E-state index < -0.39 is 10.2 Å². The Morgan fingerprint density at radius 1 is 1.64 bits per heavy atom. The van der Waals surface area contributed by atoms with Gasteiger partial charge in [-0.05, 0) is 12.2 Å². The Labute approximate surface area is 70.7 Å². The molecule has 0 amide bonds. The van der Waals surface area contributed by atoms with Gasteiger partial charge in [-0.1, -0.05) is 6.92 Å². The van der Waals surface area contributed by atoms with Crippen LogP contribution in [0.4, 0.5) is 0 Å². The molecule has 0 saturated carbocycles. The third kappa shape index (κ3) is 5.98. The number of rotatable bonds is 4. The van der Waals surface area contributed by atoms with Gasteiger partial charge in [-0.3, -0.25) is 5.43 Å². The highest BCUT2D eigenvalue weighted by Gasteiger charge is 2.05. The van der Waals surface area contributed by atoms with Gasteiger partial charge < -0.3 is 5.73 Å². The van der Waals surface area contributed by atoms with Crippen molar-refractivity contribution in [1.29, 1.82) is 0 Å². The van der Waals surface area contributed by atoms with Gasteiger partial charge in [-0.15, -0.1) is 4.83 Å². The standard InChI is InChI=1S/C3H10N4O2S2/c1-2-5-11(8,9)7-6-3(4)10/h5,7H,2H2,1H3,(H3,4,6,10). The fourth-order valence-electron chi connectivity index (χ4n) is 0.344. The summed E-state index contributed by atoms with van der Waals surface area (Å²) in [6.07, 6.45) is 0. The monoisotopic (exact) mass is 198 g/mol. The lowest BCUT2D eigenvalue weighted by Crippen LogP contribution is -2.49. The second kappa shape index (κ2) is 4.44. The van der Waals surface area contributed by atoms with E-state index >= 15 is 0 Å². The summed E-state index contributed by atoms with van der Waals surface area (Å²) in [6.45, 7) is 1.95. The van der Waals surface area contributed by atoms with Crippen molar-refractivity contribution in [2.45, 2.75) is 6.92 Å². The van der Waals surface area contributed by atoms with Crippen LogP contribution >= 0.6 is 12.2 Å². The maximum Gasteiger partial charge on any atom is 0.293 e. The third-order valence-corrected chi connectivity index (χ3v) is 1.78. The summed E-state index contributed by atoms with van der Waals surface area (Å²) in [5, 5.41) is -0.133. The minimum atomic E-state index is -3.51. The van der Waals surface area contributed by atoms with Gasteiger partial charge in [0.15, 0.2) is 5.11 Å². The molecule has 0 unspecified atom stereocenters. The first kappa shape index (κ1) is 10.6. The highest BCUT2D eigenvalue weighted by Crippen LogP contribution is 1.70. The van der Waals surface area contributed by atoms with E-state index in [-0.39, 0.29) is 5.11 Å². The molecule has 0 fully saturated rings. The van der Waals surface area contributed by atoms with Gasteiger partial charge in [-0.25, -0.2) is 4.72 Å². The maximum atomic E-state index is 10.7. The first-order chi connectivity index (χ1) is 4.98. The van der Waals surface area contributed by atoms with E-state index in [4.69, 9.17) is 5.73 Å². The number of thiocarbonyl (C=S) groups is 1. The molecule has 11 heavy (non-hydrogen) atoms. The Bertz CT molecular complexity index is 223. The SMILES string of the molecule is CCNS(=O)(=O)NNC(N)=S. The average Bonchev–Trinajstić information content (AvgIpc) is 1.84. The lowest BCUT2D eigenvalue weighted by molar-refractivity contribution is 0.564. The lowest BCUT2D eigenvalue weighted by Gasteiger charge is -2.06. The Balaban J connectivity index is 3.84. The van der Waals surface area contributed by atoms with Crippen LogP contribution in [0.5, 0.6) is 0 Å². The molecule has 0 aromatic heterocycles. The molecular formula is C3H10N4O2S2. The maximum absolute atomic E-state index is 10.7. The molecule has 5 N–H and O–H groups in total. The van der Waals surface area contributed by atoms with E-state index in [1.807, 2.05) is 4.83 Å². The van der Waals surface area contributed by atoms with Crippen LogP contribution in [0.25, 0.3) is 0 Å². The van der Waals surface area contributed by atoms with Gasteiger partial charge in [0, 0.05) is 6.54 Å². The zero-order chi connectivity index (χ0) is 8.91. The van der Waals surface area contributed by atoms with Crippen LogP contribution in [0, 0.1) is 0 Å². The van der Waals surface area contributed by atoms with Crippen molar-refractivity contribution in [2.75, 3.05) is 6.54 Å². The van der Waals surface area contributed by atoms with Crippen LogP contribution in [0.2, 0.25) is 0 Å². The van der Waals surface area contributed by atoms with Gasteiger partial charge in [0.2, 0.25) is 0 Å². The van der Waals surface area contributed by atoms with Gasteiger partial charge in [-0.2, -0.15) is 8.42 Å². The van der Waals surface area contributed by atoms with Gasteiger partial charge in [0.25, 0.3) is 10.2 Å². The molecule has 0 aromatic carbocycles. The molecule has 0 saturated heterocycles. The second-order valence-electron chi connectivity index (χ2n) is 1.59. The summed E-state index contributed by atoms with van der Waals surface area (Å²) >= 11 is 4.36. The van der Waals surface area contributed by atoms with Crippen molar-refractivity contribution < 1.29 is 8.42 Å². The zero-order valence-corrected chi connectivity index (χ0v) is 7.55. The smallest absolute Gasteiger partial charge is 0.293 e. The summed E-state index contributed by atoms with van der Waals surface area (Å²) in [4.78, 5) is 1.90. The van der Waals surface area contributed by atoms with Gasteiger partial charge in [0.05, 0.1) is 0 Å². The molecule has 0 aliphatic heterocycles. The molecule has 0 heterocycles. The second-order valence-corrected chi connectivity index (χ2v) is 3.53. The highest BCUT2D eigenvalue weighted by atomic mass is 32.2. The third-order valence-electron chi connectivity index (χ3n) is 0.643. The molecule has 6 nitrogen and oxygen atoms in total. The van der Waals surface area contributed by atoms with Crippen LogP contribution in [0.15, 0.2) is 0 Å². The Morgan fingerprint density at radius 2 is 2.18 bits per heavy atom. The van der Waals surface area contributed by atoms with Crippen molar-refractivity contribution in [3.63, 3.8) is 0 Å². The predicted octanol–water partition coefficient (Wildman–Crippen LogP) is -1.82. The van der Waals surface area contributed by atoms with E-state index in [0.717, 1.165) is 0 Å². The fourth-order valence-corrected chi connectivity index (χ4v) is 1.16. The van der Waals surface area contributed by atoms with E-state index in [1.165, 1.54) is 0 Å². The molecule has 0 rings (SSSR count). The fraction of sp³-hybridized carbons (Fsp3) is 0.667. The molecule has 66 valence electrons. The first-order valence-corrected chi connectivity index (χ1v) is 4.69. The van der Waals surface area contributed by atoms with Crippen LogP contribution < -0.4 is 20.7 Å². The number of hydrogen-bond acceptors (Lipinski definition) is 3. The molecule has 0 aliphatic rings. The summed E-state index contributed by atoms with van der Waals surface area (Å²) in [6, 6.07) is 0. The summed E-state index contributed by atoms with van der Waals surface area (Å²) < 4.78 is 23.6. The zero-order valence-electron chi connectivity index (χ0n) is 5.92. The minimum Gasteiger partial charge on any atom is -0.375 e. The van der Waals surface area contributed by atoms with Crippen LogP contribution in [-0.4, -0.2) is 20.1 Å². The Morgan fingerprint density at radius 3 is 2.55 bits per heavy atom. The molecule has 0 radical (unpaired) electrons. The summed E-state index contributed by atoms with van der Waals surface area (Å²) in [5.41, 5.74) is 7.04. The topological polar surface area (TPSA) is 96.2 Å². The van der Waals surface area contributed by atoms with Crippen molar-refractivity contribution in [3.05, 3.63) is 0 Å². The molecule has 0 aromatic rings. The largest absolute Gasteiger partial charge is 0.375 e. The lowest BCUT2D eigenvalue weighted by atomic mass is 10.8. The van der Waals surface area contributed by atoms with E-state index in [2.05, 4.69) is 22.4 Å². The van der Waals surface area contributed by atoms with Crippen molar-refractivity contribution in [2.24, 2.45) is 5.73 Å². The molecule has 8 heteroatoms. The molecule has 0 aliphatic carbocycles. The quantitative estimate of drug-likeness (QED) is 0.315. The van der Waals surface area contributed by atoms with E-state index in [0.29, 0.717) is 6.54 Å². The molecular weight excluding hydrogens is 188 g/mol. The van der Waals surface area contributed by atoms with Gasteiger partial charge >= 0.3 is 0 Å². The number of hydrazine groups is 1. The minimum absolute atomic E-state index is 0.133. The van der Waals surface area contributed by atoms with Crippen molar-refractivity contribution >= 4 is 27.5 Å². The average molecular weight is 198 g/mol. The Hall–Kier alpha value is -0.440. The van der Waals surface area contributed by atoms with Crippen LogP contribution in [0.3, 0.4) is 0 Å². The number of hydrogen-bond donors (Lipinski definition) is 4.